The summed E-state index contributed by atoms with van der Waals surface area (Å²) in [5.41, 5.74) is 2.96. The van der Waals surface area contributed by atoms with Gasteiger partial charge in [-0.2, -0.15) is 0 Å². The summed E-state index contributed by atoms with van der Waals surface area (Å²) in [6.45, 7) is 4.73. The van der Waals surface area contributed by atoms with Crippen LogP contribution in [-0.2, 0) is 12.8 Å². The van der Waals surface area contributed by atoms with E-state index < -0.39 is 0 Å². The first kappa shape index (κ1) is 16.1. The minimum atomic E-state index is 0.226. The number of piperidine rings is 1. The molecule has 3 rings (SSSR count). The Morgan fingerprint density at radius 3 is 2.43 bits per heavy atom. The Morgan fingerprint density at radius 2 is 1.70 bits per heavy atom. The van der Waals surface area contributed by atoms with E-state index in [-0.39, 0.29) is 5.54 Å². The normalized spacial score (nSPS) is 22.1. The average Bonchev–Trinajstić information content (AvgIpc) is 2.57. The van der Waals surface area contributed by atoms with E-state index >= 15 is 0 Å². The van der Waals surface area contributed by atoms with Crippen LogP contribution in [0, 0.1) is 0 Å². The largest absolute Gasteiger partial charge is 0.508 e. The standard InChI is InChI=1S/C21H27NO/c1-21(17-19-9-11-20(23)12-10-19)14-5-6-15-22(21)16-13-18-7-3-2-4-8-18/h2-4,7-12,23H,5-6,13-17H2,1H3/t21-/m0/s1. The number of hydrogen-bond donors (Lipinski definition) is 1. The predicted octanol–water partition coefficient (Wildman–Crippen LogP) is 4.42. The second-order valence-electron chi connectivity index (χ2n) is 7.02. The van der Waals surface area contributed by atoms with Crippen molar-refractivity contribution in [3.8, 4) is 5.75 Å². The van der Waals surface area contributed by atoms with Gasteiger partial charge in [-0.1, -0.05) is 48.9 Å². The Kier molecular flexibility index (Phi) is 5.02. The molecule has 1 N–H and O–H groups in total. The lowest BCUT2D eigenvalue weighted by Crippen LogP contribution is -2.51. The molecule has 2 aromatic rings. The van der Waals surface area contributed by atoms with Crippen LogP contribution in [0.2, 0.25) is 0 Å². The van der Waals surface area contributed by atoms with Crippen molar-refractivity contribution in [3.05, 3.63) is 65.7 Å². The summed E-state index contributed by atoms with van der Waals surface area (Å²) in [6, 6.07) is 18.5. The van der Waals surface area contributed by atoms with Gasteiger partial charge in [0.25, 0.3) is 0 Å². The molecular formula is C21H27NO. The summed E-state index contributed by atoms with van der Waals surface area (Å²) < 4.78 is 0. The molecule has 1 aliphatic rings. The van der Waals surface area contributed by atoms with Crippen LogP contribution >= 0.6 is 0 Å². The van der Waals surface area contributed by atoms with Crippen LogP contribution in [0.25, 0.3) is 0 Å². The van der Waals surface area contributed by atoms with Gasteiger partial charge in [0.2, 0.25) is 0 Å². The fraction of sp³-hybridized carbons (Fsp3) is 0.429. The number of aromatic hydroxyl groups is 1. The van der Waals surface area contributed by atoms with Crippen molar-refractivity contribution in [2.45, 2.75) is 44.6 Å². The highest BCUT2D eigenvalue weighted by Gasteiger charge is 2.33. The smallest absolute Gasteiger partial charge is 0.115 e. The lowest BCUT2D eigenvalue weighted by atomic mass is 9.82. The molecule has 0 amide bonds. The Balaban J connectivity index is 1.68. The zero-order valence-electron chi connectivity index (χ0n) is 14.0. The van der Waals surface area contributed by atoms with E-state index in [9.17, 15) is 5.11 Å². The van der Waals surface area contributed by atoms with Gasteiger partial charge in [0, 0.05) is 12.1 Å². The summed E-state index contributed by atoms with van der Waals surface area (Å²) >= 11 is 0. The molecule has 0 unspecified atom stereocenters. The van der Waals surface area contributed by atoms with Crippen molar-refractivity contribution in [3.63, 3.8) is 0 Å². The molecule has 1 aliphatic heterocycles. The summed E-state index contributed by atoms with van der Waals surface area (Å²) in [6.07, 6.45) is 6.05. The molecule has 0 saturated carbocycles. The molecular weight excluding hydrogens is 282 g/mol. The van der Waals surface area contributed by atoms with Gasteiger partial charge in [-0.05, 0) is 62.4 Å². The van der Waals surface area contributed by atoms with Crippen LogP contribution < -0.4 is 0 Å². The Labute approximate surface area is 139 Å². The van der Waals surface area contributed by atoms with Crippen LogP contribution in [0.15, 0.2) is 54.6 Å². The first-order valence-corrected chi connectivity index (χ1v) is 8.73. The summed E-state index contributed by atoms with van der Waals surface area (Å²) in [7, 11) is 0. The number of benzene rings is 2. The maximum atomic E-state index is 9.48. The third kappa shape index (κ3) is 4.14. The van der Waals surface area contributed by atoms with E-state index in [2.05, 4.69) is 54.3 Å². The highest BCUT2D eigenvalue weighted by molar-refractivity contribution is 5.27. The van der Waals surface area contributed by atoms with Gasteiger partial charge in [-0.15, -0.1) is 0 Å². The van der Waals surface area contributed by atoms with Gasteiger partial charge >= 0.3 is 0 Å². The van der Waals surface area contributed by atoms with Crippen LogP contribution in [-0.4, -0.2) is 28.6 Å². The molecule has 0 aliphatic carbocycles. The van der Waals surface area contributed by atoms with Gasteiger partial charge in [0.1, 0.15) is 5.75 Å². The number of nitrogens with zero attached hydrogens (tertiary/aromatic N) is 1. The zero-order chi connectivity index (χ0) is 16.1. The first-order chi connectivity index (χ1) is 11.2. The SMILES string of the molecule is C[C@@]1(Cc2ccc(O)cc2)CCCCN1CCc1ccccc1. The van der Waals surface area contributed by atoms with Crippen LogP contribution in [0.3, 0.4) is 0 Å². The van der Waals surface area contributed by atoms with E-state index in [0.717, 1.165) is 19.4 Å². The maximum absolute atomic E-state index is 9.48. The fourth-order valence-electron chi connectivity index (χ4n) is 3.78. The molecule has 0 bridgehead atoms. The van der Waals surface area contributed by atoms with Crippen LogP contribution in [0.4, 0.5) is 0 Å². The van der Waals surface area contributed by atoms with E-state index in [1.165, 1.54) is 36.9 Å². The first-order valence-electron chi connectivity index (χ1n) is 8.73. The Hall–Kier alpha value is -1.80. The molecule has 0 radical (unpaired) electrons. The molecule has 1 fully saturated rings. The van der Waals surface area contributed by atoms with Crippen molar-refractivity contribution >= 4 is 0 Å². The second-order valence-corrected chi connectivity index (χ2v) is 7.02. The number of likely N-dealkylation sites (tertiary alicyclic amines) is 1. The van der Waals surface area contributed by atoms with Crippen molar-refractivity contribution in [1.82, 2.24) is 4.90 Å². The number of phenols is 1. The molecule has 1 heterocycles. The van der Waals surface area contributed by atoms with Gasteiger partial charge in [-0.3, -0.25) is 4.90 Å². The van der Waals surface area contributed by atoms with Crippen molar-refractivity contribution in [2.24, 2.45) is 0 Å². The van der Waals surface area contributed by atoms with Crippen LogP contribution in [0.1, 0.15) is 37.3 Å². The topological polar surface area (TPSA) is 23.5 Å². The van der Waals surface area contributed by atoms with E-state index in [0.29, 0.717) is 5.75 Å². The second kappa shape index (κ2) is 7.18. The molecule has 122 valence electrons. The molecule has 1 saturated heterocycles. The molecule has 2 aromatic carbocycles. The highest BCUT2D eigenvalue weighted by atomic mass is 16.3. The maximum Gasteiger partial charge on any atom is 0.115 e. The van der Waals surface area contributed by atoms with Gasteiger partial charge in [-0.25, -0.2) is 0 Å². The van der Waals surface area contributed by atoms with E-state index in [1.807, 2.05) is 0 Å². The third-order valence-corrected chi connectivity index (χ3v) is 5.19. The van der Waals surface area contributed by atoms with Crippen molar-refractivity contribution in [2.75, 3.05) is 13.1 Å². The highest BCUT2D eigenvalue weighted by Crippen LogP contribution is 2.31. The Bertz CT molecular complexity index is 607. The van der Waals surface area contributed by atoms with Gasteiger partial charge in [0.15, 0.2) is 0 Å². The molecule has 2 heteroatoms. The third-order valence-electron chi connectivity index (χ3n) is 5.19. The average molecular weight is 309 g/mol. The monoisotopic (exact) mass is 309 g/mol. The molecule has 0 aromatic heterocycles. The minimum Gasteiger partial charge on any atom is -0.508 e. The lowest BCUT2D eigenvalue weighted by Gasteiger charge is -2.45. The molecule has 2 nitrogen and oxygen atoms in total. The van der Waals surface area contributed by atoms with Gasteiger partial charge in [0.05, 0.1) is 0 Å². The van der Waals surface area contributed by atoms with E-state index in [1.54, 1.807) is 12.1 Å². The number of hydrogen-bond acceptors (Lipinski definition) is 2. The van der Waals surface area contributed by atoms with Gasteiger partial charge < -0.3 is 5.11 Å². The lowest BCUT2D eigenvalue weighted by molar-refractivity contribution is 0.0626. The minimum absolute atomic E-state index is 0.226. The van der Waals surface area contributed by atoms with Crippen molar-refractivity contribution in [1.29, 1.82) is 0 Å². The summed E-state index contributed by atoms with van der Waals surface area (Å²) in [5.74, 6) is 0.350. The zero-order valence-corrected chi connectivity index (χ0v) is 14.0. The predicted molar refractivity (Wildman–Crippen MR) is 95.8 cm³/mol. The Morgan fingerprint density at radius 1 is 0.957 bits per heavy atom. The fourth-order valence-corrected chi connectivity index (χ4v) is 3.78. The number of rotatable bonds is 5. The van der Waals surface area contributed by atoms with E-state index in [4.69, 9.17) is 0 Å². The summed E-state index contributed by atoms with van der Waals surface area (Å²) in [5, 5.41) is 9.48. The summed E-state index contributed by atoms with van der Waals surface area (Å²) in [4.78, 5) is 2.68. The molecule has 0 spiro atoms. The van der Waals surface area contributed by atoms with Crippen LogP contribution in [0.5, 0.6) is 5.75 Å². The molecule has 1 atom stereocenters. The molecule has 23 heavy (non-hydrogen) atoms. The number of phenolic OH excluding ortho intramolecular Hbond substituents is 1. The van der Waals surface area contributed by atoms with Crippen molar-refractivity contribution < 1.29 is 5.11 Å². The quantitative estimate of drug-likeness (QED) is 0.883.